The predicted molar refractivity (Wildman–Crippen MR) is 70.3 cm³/mol. The van der Waals surface area contributed by atoms with Gasteiger partial charge in [-0.05, 0) is 35.9 Å². The molecule has 90 valence electrons. The molecule has 0 N–H and O–H groups in total. The standard InChI is InChI=1S/C11H7Cl2N5/c12-7-1-3-9(10(13)5-7)11-4-2-8(16-17-11)6-15-18-14/h1-5H,6H2. The molecule has 7 heteroatoms. The summed E-state index contributed by atoms with van der Waals surface area (Å²) in [5.74, 6) is 0. The summed E-state index contributed by atoms with van der Waals surface area (Å²) in [7, 11) is 0. The van der Waals surface area contributed by atoms with E-state index < -0.39 is 0 Å². The fourth-order valence-electron chi connectivity index (χ4n) is 1.39. The highest BCUT2D eigenvalue weighted by molar-refractivity contribution is 6.36. The van der Waals surface area contributed by atoms with Crippen molar-refractivity contribution in [3.8, 4) is 11.3 Å². The molecule has 0 unspecified atom stereocenters. The van der Waals surface area contributed by atoms with Gasteiger partial charge in [0.15, 0.2) is 0 Å². The summed E-state index contributed by atoms with van der Waals surface area (Å²) >= 11 is 11.9. The summed E-state index contributed by atoms with van der Waals surface area (Å²) in [5.41, 5.74) is 10.2. The molecule has 2 aromatic rings. The van der Waals surface area contributed by atoms with Crippen molar-refractivity contribution >= 4 is 23.2 Å². The minimum atomic E-state index is 0.179. The Labute approximate surface area is 113 Å². The number of benzene rings is 1. The van der Waals surface area contributed by atoms with Crippen LogP contribution in [0.3, 0.4) is 0 Å². The van der Waals surface area contributed by atoms with Crippen molar-refractivity contribution in [3.63, 3.8) is 0 Å². The summed E-state index contributed by atoms with van der Waals surface area (Å²) in [4.78, 5) is 2.66. The third-order valence-corrected chi connectivity index (χ3v) is 2.77. The Morgan fingerprint density at radius 2 is 2.00 bits per heavy atom. The van der Waals surface area contributed by atoms with Gasteiger partial charge < -0.3 is 0 Å². The quantitative estimate of drug-likeness (QED) is 0.478. The molecule has 0 fully saturated rings. The highest BCUT2D eigenvalue weighted by atomic mass is 35.5. The minimum absolute atomic E-state index is 0.179. The van der Waals surface area contributed by atoms with Crippen LogP contribution in [-0.2, 0) is 6.54 Å². The van der Waals surface area contributed by atoms with Crippen LogP contribution in [0.2, 0.25) is 10.0 Å². The lowest BCUT2D eigenvalue weighted by molar-refractivity contribution is 0.896. The maximum Gasteiger partial charge on any atom is 0.0944 e. The molecule has 2 rings (SSSR count). The van der Waals surface area contributed by atoms with E-state index in [1.54, 1.807) is 30.3 Å². The van der Waals surface area contributed by atoms with Gasteiger partial charge in [0.25, 0.3) is 0 Å². The third kappa shape index (κ3) is 2.90. The van der Waals surface area contributed by atoms with Gasteiger partial charge in [-0.3, -0.25) is 0 Å². The zero-order valence-corrected chi connectivity index (χ0v) is 10.6. The Morgan fingerprint density at radius 1 is 1.17 bits per heavy atom. The molecule has 0 atom stereocenters. The van der Waals surface area contributed by atoms with Crippen LogP contribution in [0.5, 0.6) is 0 Å². The molecule has 0 saturated carbocycles. The van der Waals surface area contributed by atoms with E-state index >= 15 is 0 Å². The maximum absolute atomic E-state index is 8.20. The van der Waals surface area contributed by atoms with Crippen molar-refractivity contribution in [2.45, 2.75) is 6.54 Å². The van der Waals surface area contributed by atoms with Crippen LogP contribution in [0.15, 0.2) is 35.4 Å². The van der Waals surface area contributed by atoms with Crippen LogP contribution in [0.25, 0.3) is 21.7 Å². The summed E-state index contributed by atoms with van der Waals surface area (Å²) in [5, 5.41) is 12.5. The van der Waals surface area contributed by atoms with Crippen molar-refractivity contribution in [2.75, 3.05) is 0 Å². The SMILES string of the molecule is [N-]=[N+]=NCc1ccc(-c2ccc(Cl)cc2Cl)nn1. The van der Waals surface area contributed by atoms with Crippen LogP contribution in [0.4, 0.5) is 0 Å². The number of halogens is 2. The van der Waals surface area contributed by atoms with Crippen molar-refractivity contribution in [1.29, 1.82) is 0 Å². The van der Waals surface area contributed by atoms with Gasteiger partial charge >= 0.3 is 0 Å². The van der Waals surface area contributed by atoms with Crippen molar-refractivity contribution < 1.29 is 0 Å². The van der Waals surface area contributed by atoms with E-state index in [-0.39, 0.29) is 6.54 Å². The zero-order chi connectivity index (χ0) is 13.0. The molecule has 0 bridgehead atoms. The number of rotatable bonds is 3. The Hall–Kier alpha value is -1.81. The molecule has 1 heterocycles. The average molecular weight is 280 g/mol. The van der Waals surface area contributed by atoms with Crippen molar-refractivity contribution in [1.82, 2.24) is 10.2 Å². The molecular formula is C11H7Cl2N5. The molecule has 1 aromatic carbocycles. The zero-order valence-electron chi connectivity index (χ0n) is 9.09. The molecule has 5 nitrogen and oxygen atoms in total. The number of nitrogens with zero attached hydrogens (tertiary/aromatic N) is 5. The first-order valence-corrected chi connectivity index (χ1v) is 5.75. The number of azide groups is 1. The molecule has 0 spiro atoms. The largest absolute Gasteiger partial charge is 0.155 e. The highest BCUT2D eigenvalue weighted by Crippen LogP contribution is 2.28. The molecule has 0 aliphatic heterocycles. The number of hydrogen-bond acceptors (Lipinski definition) is 3. The van der Waals surface area contributed by atoms with E-state index in [2.05, 4.69) is 20.2 Å². The molecule has 0 radical (unpaired) electrons. The highest BCUT2D eigenvalue weighted by Gasteiger charge is 2.06. The summed E-state index contributed by atoms with van der Waals surface area (Å²) in [6.07, 6.45) is 0. The van der Waals surface area contributed by atoms with E-state index in [1.165, 1.54) is 0 Å². The van der Waals surface area contributed by atoms with Gasteiger partial charge in [-0.25, -0.2) is 0 Å². The van der Waals surface area contributed by atoms with E-state index in [1.807, 2.05) is 0 Å². The number of aromatic nitrogens is 2. The maximum atomic E-state index is 8.20. The monoisotopic (exact) mass is 279 g/mol. The summed E-state index contributed by atoms with van der Waals surface area (Å²) < 4.78 is 0. The first-order valence-electron chi connectivity index (χ1n) is 4.99. The molecule has 1 aromatic heterocycles. The molecular weight excluding hydrogens is 273 g/mol. The number of hydrogen-bond donors (Lipinski definition) is 0. The predicted octanol–water partition coefficient (Wildman–Crippen LogP) is 4.26. The minimum Gasteiger partial charge on any atom is -0.155 e. The van der Waals surface area contributed by atoms with Gasteiger partial charge in [-0.2, -0.15) is 10.2 Å². The van der Waals surface area contributed by atoms with Crippen LogP contribution in [0.1, 0.15) is 5.69 Å². The van der Waals surface area contributed by atoms with Crippen LogP contribution < -0.4 is 0 Å². The van der Waals surface area contributed by atoms with Gasteiger partial charge in [0.2, 0.25) is 0 Å². The van der Waals surface area contributed by atoms with Gasteiger partial charge in [0.05, 0.1) is 23.0 Å². The molecule has 0 aliphatic rings. The van der Waals surface area contributed by atoms with E-state index in [0.29, 0.717) is 21.4 Å². The van der Waals surface area contributed by atoms with Gasteiger partial charge in [0.1, 0.15) is 0 Å². The van der Waals surface area contributed by atoms with Gasteiger partial charge in [-0.15, -0.1) is 0 Å². The first kappa shape index (κ1) is 12.6. The van der Waals surface area contributed by atoms with E-state index in [9.17, 15) is 0 Å². The molecule has 0 aliphatic carbocycles. The summed E-state index contributed by atoms with van der Waals surface area (Å²) in [6, 6.07) is 8.67. The lowest BCUT2D eigenvalue weighted by atomic mass is 10.1. The van der Waals surface area contributed by atoms with Gasteiger partial charge in [0, 0.05) is 15.5 Å². The molecule has 0 saturated heterocycles. The van der Waals surface area contributed by atoms with Crippen LogP contribution in [-0.4, -0.2) is 10.2 Å². The Bertz CT molecular complexity index is 605. The normalized spacial score (nSPS) is 9.89. The Morgan fingerprint density at radius 3 is 2.61 bits per heavy atom. The van der Waals surface area contributed by atoms with Gasteiger partial charge in [-0.1, -0.05) is 28.3 Å². The van der Waals surface area contributed by atoms with Crippen LogP contribution in [0, 0.1) is 0 Å². The third-order valence-electron chi connectivity index (χ3n) is 2.22. The van der Waals surface area contributed by atoms with Crippen LogP contribution >= 0.6 is 23.2 Å². The lowest BCUT2D eigenvalue weighted by Gasteiger charge is -2.03. The van der Waals surface area contributed by atoms with E-state index in [4.69, 9.17) is 28.7 Å². The fraction of sp³-hybridized carbons (Fsp3) is 0.0909. The second kappa shape index (κ2) is 5.69. The van der Waals surface area contributed by atoms with Crippen molar-refractivity contribution in [2.24, 2.45) is 5.11 Å². The summed E-state index contributed by atoms with van der Waals surface area (Å²) in [6.45, 7) is 0.179. The first-order chi connectivity index (χ1) is 8.70. The topological polar surface area (TPSA) is 74.5 Å². The average Bonchev–Trinajstić information content (AvgIpc) is 2.37. The Balaban J connectivity index is 2.31. The smallest absolute Gasteiger partial charge is 0.0944 e. The Kier molecular flexibility index (Phi) is 3.99. The fourth-order valence-corrected chi connectivity index (χ4v) is 1.89. The lowest BCUT2D eigenvalue weighted by Crippen LogP contribution is -1.93. The van der Waals surface area contributed by atoms with E-state index in [0.717, 1.165) is 5.56 Å². The van der Waals surface area contributed by atoms with Crippen molar-refractivity contribution in [3.05, 3.63) is 56.5 Å². The molecule has 18 heavy (non-hydrogen) atoms. The second-order valence-corrected chi connectivity index (χ2v) is 4.27. The second-order valence-electron chi connectivity index (χ2n) is 3.42. The molecule has 0 amide bonds.